The normalized spacial score (nSPS) is 28.4. The fourth-order valence-electron chi connectivity index (χ4n) is 3.36. The number of nitrogens with one attached hydrogen (secondary N) is 1. The summed E-state index contributed by atoms with van der Waals surface area (Å²) < 4.78 is 0. The van der Waals surface area contributed by atoms with Crippen LogP contribution < -0.4 is 5.32 Å². The summed E-state index contributed by atoms with van der Waals surface area (Å²) in [6.07, 6.45) is 4.13. The third-order valence-corrected chi connectivity index (χ3v) is 4.47. The quantitative estimate of drug-likeness (QED) is 0.841. The number of amides is 1. The summed E-state index contributed by atoms with van der Waals surface area (Å²) >= 11 is 0. The molecule has 110 valence electrons. The number of nitrogens with zero attached hydrogens (tertiary/aromatic N) is 2. The average Bonchev–Trinajstić information content (AvgIpc) is 2.38. The van der Waals surface area contributed by atoms with E-state index >= 15 is 0 Å². The van der Waals surface area contributed by atoms with Crippen LogP contribution in [0.3, 0.4) is 0 Å². The molecule has 0 spiro atoms. The highest BCUT2D eigenvalue weighted by atomic mass is 16.2. The van der Waals surface area contributed by atoms with Crippen molar-refractivity contribution in [3.8, 4) is 0 Å². The van der Waals surface area contributed by atoms with Gasteiger partial charge in [0.15, 0.2) is 0 Å². The Kier molecular flexibility index (Phi) is 4.85. The predicted octanol–water partition coefficient (Wildman–Crippen LogP) is 1.46. The number of piperazine rings is 1. The third kappa shape index (κ3) is 3.93. The van der Waals surface area contributed by atoms with Gasteiger partial charge in [0.05, 0.1) is 0 Å². The molecule has 0 aromatic heterocycles. The predicted molar refractivity (Wildman–Crippen MR) is 78.2 cm³/mol. The van der Waals surface area contributed by atoms with Gasteiger partial charge in [-0.15, -0.1) is 0 Å². The summed E-state index contributed by atoms with van der Waals surface area (Å²) in [6, 6.07) is 0.694. The lowest BCUT2D eigenvalue weighted by molar-refractivity contribution is -0.133. The molecule has 2 fully saturated rings. The maximum absolute atomic E-state index is 11.9. The number of hydrogen-bond donors (Lipinski definition) is 1. The van der Waals surface area contributed by atoms with Crippen molar-refractivity contribution in [1.82, 2.24) is 15.1 Å². The second-order valence-electron chi connectivity index (χ2n) is 6.62. The van der Waals surface area contributed by atoms with Crippen LogP contribution in [0.1, 0.15) is 46.5 Å². The highest BCUT2D eigenvalue weighted by Crippen LogP contribution is 2.23. The number of carbonyl (C=O) groups excluding carboxylic acids is 1. The number of carbonyl (C=O) groups is 1. The van der Waals surface area contributed by atoms with Gasteiger partial charge in [0.1, 0.15) is 0 Å². The van der Waals surface area contributed by atoms with Gasteiger partial charge in [-0.2, -0.15) is 0 Å². The van der Waals surface area contributed by atoms with Gasteiger partial charge in [-0.3, -0.25) is 9.69 Å². The van der Waals surface area contributed by atoms with E-state index in [4.69, 9.17) is 0 Å². The molecule has 0 aromatic carbocycles. The van der Waals surface area contributed by atoms with Crippen LogP contribution in [-0.4, -0.2) is 60.0 Å². The van der Waals surface area contributed by atoms with Gasteiger partial charge < -0.3 is 10.2 Å². The first kappa shape index (κ1) is 14.8. The van der Waals surface area contributed by atoms with Crippen LogP contribution in [0.5, 0.6) is 0 Å². The summed E-state index contributed by atoms with van der Waals surface area (Å²) in [4.78, 5) is 16.5. The van der Waals surface area contributed by atoms with Crippen LogP contribution in [0.2, 0.25) is 0 Å². The molecule has 1 atom stereocenters. The first-order valence-electron chi connectivity index (χ1n) is 7.79. The van der Waals surface area contributed by atoms with E-state index in [2.05, 4.69) is 31.0 Å². The van der Waals surface area contributed by atoms with E-state index in [0.717, 1.165) is 39.1 Å². The van der Waals surface area contributed by atoms with Crippen LogP contribution in [0.4, 0.5) is 0 Å². The molecule has 1 amide bonds. The first-order valence-corrected chi connectivity index (χ1v) is 7.79. The zero-order valence-electron chi connectivity index (χ0n) is 12.7. The van der Waals surface area contributed by atoms with Gasteiger partial charge in [0.2, 0.25) is 5.91 Å². The van der Waals surface area contributed by atoms with Gasteiger partial charge in [-0.1, -0.05) is 6.92 Å². The Labute approximate surface area is 117 Å². The first-order chi connectivity index (χ1) is 9.02. The summed E-state index contributed by atoms with van der Waals surface area (Å²) in [6.45, 7) is 11.7. The van der Waals surface area contributed by atoms with Crippen LogP contribution in [0.15, 0.2) is 0 Å². The highest BCUT2D eigenvalue weighted by Gasteiger charge is 2.32. The average molecular weight is 267 g/mol. The maximum atomic E-state index is 11.9. The minimum absolute atomic E-state index is 0.262. The van der Waals surface area contributed by atoms with Crippen molar-refractivity contribution in [1.29, 1.82) is 0 Å². The van der Waals surface area contributed by atoms with Crippen LogP contribution in [0.25, 0.3) is 0 Å². The zero-order chi connectivity index (χ0) is 13.9. The second-order valence-corrected chi connectivity index (χ2v) is 6.62. The Balaban J connectivity index is 1.81. The van der Waals surface area contributed by atoms with Crippen LogP contribution in [0, 0.1) is 0 Å². The highest BCUT2D eigenvalue weighted by molar-refractivity contribution is 5.76. The fraction of sp³-hybridized carbons (Fsp3) is 0.933. The molecule has 1 unspecified atom stereocenters. The van der Waals surface area contributed by atoms with E-state index in [1.807, 2.05) is 4.90 Å². The molecule has 0 aliphatic carbocycles. The fourth-order valence-corrected chi connectivity index (χ4v) is 3.36. The van der Waals surface area contributed by atoms with Crippen LogP contribution in [-0.2, 0) is 4.79 Å². The SMILES string of the molecule is CCCC(=O)N1CCN(C2CCNC(C)(C)C2)CC1. The lowest BCUT2D eigenvalue weighted by Crippen LogP contribution is -2.57. The van der Waals surface area contributed by atoms with E-state index in [1.165, 1.54) is 12.8 Å². The Morgan fingerprint density at radius 1 is 1.26 bits per heavy atom. The minimum atomic E-state index is 0.262. The largest absolute Gasteiger partial charge is 0.340 e. The molecular formula is C15H29N3O. The number of hydrogen-bond acceptors (Lipinski definition) is 3. The van der Waals surface area contributed by atoms with Crippen LogP contribution >= 0.6 is 0 Å². The molecule has 2 saturated heterocycles. The molecule has 1 N–H and O–H groups in total. The van der Waals surface area contributed by atoms with Gasteiger partial charge >= 0.3 is 0 Å². The molecule has 4 nitrogen and oxygen atoms in total. The Morgan fingerprint density at radius 3 is 2.53 bits per heavy atom. The Bertz CT molecular complexity index is 309. The molecular weight excluding hydrogens is 238 g/mol. The molecule has 0 aromatic rings. The second kappa shape index (κ2) is 6.23. The van der Waals surface area contributed by atoms with Gasteiger partial charge in [0.25, 0.3) is 0 Å². The Hall–Kier alpha value is -0.610. The maximum Gasteiger partial charge on any atom is 0.222 e. The van der Waals surface area contributed by atoms with Crippen molar-refractivity contribution < 1.29 is 4.79 Å². The molecule has 2 rings (SSSR count). The standard InChI is InChI=1S/C15H29N3O/c1-4-5-14(19)18-10-8-17(9-11-18)13-6-7-16-15(2,3)12-13/h13,16H,4-12H2,1-3H3. The van der Waals surface area contributed by atoms with E-state index in [9.17, 15) is 4.79 Å². The van der Waals surface area contributed by atoms with Gasteiger partial charge in [-0.05, 0) is 39.7 Å². The molecule has 0 radical (unpaired) electrons. The summed E-state index contributed by atoms with van der Waals surface area (Å²) in [5.74, 6) is 0.341. The minimum Gasteiger partial charge on any atom is -0.340 e. The third-order valence-electron chi connectivity index (χ3n) is 4.47. The lowest BCUT2D eigenvalue weighted by atomic mass is 9.88. The van der Waals surface area contributed by atoms with Crippen molar-refractivity contribution in [3.63, 3.8) is 0 Å². The molecule has 2 aliphatic rings. The van der Waals surface area contributed by atoms with Crippen molar-refractivity contribution >= 4 is 5.91 Å². The summed E-state index contributed by atoms with van der Waals surface area (Å²) in [7, 11) is 0. The topological polar surface area (TPSA) is 35.6 Å². The number of rotatable bonds is 3. The Morgan fingerprint density at radius 2 is 1.95 bits per heavy atom. The smallest absolute Gasteiger partial charge is 0.222 e. The monoisotopic (exact) mass is 267 g/mol. The number of piperidine rings is 1. The molecule has 4 heteroatoms. The van der Waals surface area contributed by atoms with E-state index in [1.54, 1.807) is 0 Å². The van der Waals surface area contributed by atoms with Crippen molar-refractivity contribution in [2.75, 3.05) is 32.7 Å². The van der Waals surface area contributed by atoms with Gasteiger partial charge in [-0.25, -0.2) is 0 Å². The van der Waals surface area contributed by atoms with Crippen molar-refractivity contribution in [2.45, 2.75) is 58.0 Å². The van der Waals surface area contributed by atoms with Crippen molar-refractivity contribution in [2.24, 2.45) is 0 Å². The molecule has 2 aliphatic heterocycles. The summed E-state index contributed by atoms with van der Waals surface area (Å²) in [5.41, 5.74) is 0.262. The van der Waals surface area contributed by atoms with E-state index < -0.39 is 0 Å². The molecule has 0 bridgehead atoms. The van der Waals surface area contributed by atoms with Crippen molar-refractivity contribution in [3.05, 3.63) is 0 Å². The zero-order valence-corrected chi connectivity index (χ0v) is 12.7. The molecule has 0 saturated carbocycles. The van der Waals surface area contributed by atoms with E-state index in [0.29, 0.717) is 18.4 Å². The van der Waals surface area contributed by atoms with Gasteiger partial charge in [0, 0.05) is 44.2 Å². The van der Waals surface area contributed by atoms with E-state index in [-0.39, 0.29) is 5.54 Å². The summed E-state index contributed by atoms with van der Waals surface area (Å²) in [5, 5.41) is 3.58. The molecule has 2 heterocycles. The lowest BCUT2D eigenvalue weighted by Gasteiger charge is -2.45. The molecule has 19 heavy (non-hydrogen) atoms.